The highest BCUT2D eigenvalue weighted by Crippen LogP contribution is 2.63. The number of ether oxygens (including phenoxy) is 3. The Kier molecular flexibility index (Phi) is 9.17. The van der Waals surface area contributed by atoms with E-state index in [-0.39, 0.29) is 17.3 Å². The van der Waals surface area contributed by atoms with Crippen molar-refractivity contribution in [2.45, 2.75) is 128 Å². The van der Waals surface area contributed by atoms with Crippen LogP contribution >= 0.6 is 0 Å². The van der Waals surface area contributed by atoms with Crippen molar-refractivity contribution >= 4 is 0 Å². The highest BCUT2D eigenvalue weighted by atomic mass is 16.7. The van der Waals surface area contributed by atoms with Crippen LogP contribution in [-0.4, -0.2) is 42.9 Å². The molecule has 6 rings (SSSR count). The van der Waals surface area contributed by atoms with Gasteiger partial charge in [-0.25, -0.2) is 0 Å². The third kappa shape index (κ3) is 5.78. The van der Waals surface area contributed by atoms with E-state index < -0.39 is 0 Å². The van der Waals surface area contributed by atoms with E-state index in [1.807, 2.05) is 0 Å². The second-order valence-corrected chi connectivity index (χ2v) is 13.9. The molecule has 5 unspecified atom stereocenters. The van der Waals surface area contributed by atoms with Crippen molar-refractivity contribution < 1.29 is 19.3 Å². The van der Waals surface area contributed by atoms with Crippen LogP contribution in [0.5, 0.6) is 5.75 Å². The Hall–Kier alpha value is -1.40. The molecular weight excluding hydrogens is 510 g/mol. The van der Waals surface area contributed by atoms with Gasteiger partial charge in [-0.3, -0.25) is 0 Å². The van der Waals surface area contributed by atoms with E-state index in [1.54, 1.807) is 5.57 Å². The Morgan fingerprint density at radius 2 is 1.85 bits per heavy atom. The molecule has 1 aromatic rings. The molecule has 7 atom stereocenters. The summed E-state index contributed by atoms with van der Waals surface area (Å²) in [5.74, 6) is 3.40. The molecule has 1 saturated heterocycles. The van der Waals surface area contributed by atoms with Crippen molar-refractivity contribution in [3.05, 3.63) is 41.5 Å². The molecule has 4 fully saturated rings. The average Bonchev–Trinajstić information content (AvgIpc) is 3.59. The van der Waals surface area contributed by atoms with Crippen LogP contribution in [-0.2, 0) is 9.47 Å². The Bertz CT molecular complexity index is 1050. The number of aliphatic hydroxyl groups is 1. The number of benzene rings is 1. The monoisotopic (exact) mass is 565 g/mol. The van der Waals surface area contributed by atoms with Crippen molar-refractivity contribution in [3.63, 3.8) is 0 Å². The Morgan fingerprint density at radius 3 is 2.63 bits per heavy atom. The third-order valence-corrected chi connectivity index (χ3v) is 12.0. The molecule has 3 saturated carbocycles. The molecule has 0 bridgehead atoms. The highest BCUT2D eigenvalue weighted by Gasteiger charge is 2.58. The van der Waals surface area contributed by atoms with Crippen molar-refractivity contribution in [2.75, 3.05) is 19.8 Å². The van der Waals surface area contributed by atoms with E-state index in [2.05, 4.69) is 56.4 Å². The minimum Gasteiger partial charge on any atom is -0.494 e. The molecule has 1 aliphatic heterocycles. The van der Waals surface area contributed by atoms with E-state index >= 15 is 0 Å². The lowest BCUT2D eigenvalue weighted by Gasteiger charge is -2.55. The SMILES string of the molecule is CCCC(NC(CC)CC)c1cccc(OCC[C@]23CCC4C5CCC6(CC5=CCC4C2CC[C@@H]3O)OCCO6)c1. The van der Waals surface area contributed by atoms with Crippen molar-refractivity contribution in [1.82, 2.24) is 5.32 Å². The minimum absolute atomic E-state index is 0.0134. The summed E-state index contributed by atoms with van der Waals surface area (Å²) < 4.78 is 18.7. The third-order valence-electron chi connectivity index (χ3n) is 12.0. The van der Waals surface area contributed by atoms with Gasteiger partial charge < -0.3 is 24.6 Å². The lowest BCUT2D eigenvalue weighted by atomic mass is 9.51. The number of fused-ring (bicyclic) bond motifs is 5. The molecule has 5 heteroatoms. The highest BCUT2D eigenvalue weighted by molar-refractivity contribution is 5.31. The first-order valence-corrected chi connectivity index (χ1v) is 17.1. The zero-order valence-electron chi connectivity index (χ0n) is 25.9. The van der Waals surface area contributed by atoms with Gasteiger partial charge in [0.15, 0.2) is 5.79 Å². The van der Waals surface area contributed by atoms with Gasteiger partial charge in [-0.1, -0.05) is 51.0 Å². The number of aliphatic hydroxyl groups excluding tert-OH is 1. The fourth-order valence-corrected chi connectivity index (χ4v) is 9.87. The topological polar surface area (TPSA) is 60.0 Å². The summed E-state index contributed by atoms with van der Waals surface area (Å²) in [5.41, 5.74) is 2.95. The summed E-state index contributed by atoms with van der Waals surface area (Å²) in [7, 11) is 0. The number of hydrogen-bond acceptors (Lipinski definition) is 5. The van der Waals surface area contributed by atoms with E-state index in [1.165, 1.54) is 24.8 Å². The van der Waals surface area contributed by atoms with Gasteiger partial charge in [0.1, 0.15) is 5.75 Å². The second kappa shape index (κ2) is 12.7. The first-order chi connectivity index (χ1) is 20.0. The summed E-state index contributed by atoms with van der Waals surface area (Å²) in [4.78, 5) is 0. The molecule has 1 spiro atoms. The summed E-state index contributed by atoms with van der Waals surface area (Å²) in [5, 5.41) is 15.3. The first-order valence-electron chi connectivity index (χ1n) is 17.1. The molecule has 1 aromatic carbocycles. The van der Waals surface area contributed by atoms with E-state index in [0.717, 1.165) is 89.1 Å². The molecule has 41 heavy (non-hydrogen) atoms. The van der Waals surface area contributed by atoms with Crippen LogP contribution in [0.15, 0.2) is 35.9 Å². The maximum atomic E-state index is 11.4. The van der Waals surface area contributed by atoms with Crippen molar-refractivity contribution in [2.24, 2.45) is 29.1 Å². The van der Waals surface area contributed by atoms with Crippen LogP contribution in [0.3, 0.4) is 0 Å². The molecule has 0 radical (unpaired) electrons. The first kappa shape index (κ1) is 29.7. The average molecular weight is 566 g/mol. The molecule has 1 heterocycles. The summed E-state index contributed by atoms with van der Waals surface area (Å²) in [6, 6.07) is 9.70. The van der Waals surface area contributed by atoms with Gasteiger partial charge >= 0.3 is 0 Å². The van der Waals surface area contributed by atoms with Gasteiger partial charge in [-0.05, 0) is 106 Å². The largest absolute Gasteiger partial charge is 0.494 e. The van der Waals surface area contributed by atoms with Gasteiger partial charge in [0.2, 0.25) is 0 Å². The number of rotatable bonds is 11. The molecule has 228 valence electrons. The maximum absolute atomic E-state index is 11.4. The Labute approximate surface area is 248 Å². The summed E-state index contributed by atoms with van der Waals surface area (Å²) >= 11 is 0. The zero-order valence-corrected chi connectivity index (χ0v) is 25.9. The van der Waals surface area contributed by atoms with E-state index in [0.29, 0.717) is 36.4 Å². The van der Waals surface area contributed by atoms with Crippen LogP contribution in [0.4, 0.5) is 0 Å². The van der Waals surface area contributed by atoms with Gasteiger partial charge in [0.25, 0.3) is 0 Å². The smallest absolute Gasteiger partial charge is 0.172 e. The maximum Gasteiger partial charge on any atom is 0.172 e. The molecule has 0 aromatic heterocycles. The normalized spacial score (nSPS) is 34.7. The van der Waals surface area contributed by atoms with Crippen molar-refractivity contribution in [1.29, 1.82) is 0 Å². The van der Waals surface area contributed by atoms with E-state index in [4.69, 9.17) is 14.2 Å². The van der Waals surface area contributed by atoms with Crippen LogP contribution < -0.4 is 10.1 Å². The quantitative estimate of drug-likeness (QED) is 0.269. The summed E-state index contributed by atoms with van der Waals surface area (Å²) in [6.07, 6.45) is 16.8. The fraction of sp³-hybridized carbons (Fsp3) is 0.778. The lowest BCUT2D eigenvalue weighted by Crippen LogP contribution is -2.50. The van der Waals surface area contributed by atoms with Crippen molar-refractivity contribution in [3.8, 4) is 5.75 Å². The molecule has 5 nitrogen and oxygen atoms in total. The van der Waals surface area contributed by atoms with Crippen LogP contribution in [0.2, 0.25) is 0 Å². The molecular formula is C36H55NO4. The molecule has 0 amide bonds. The number of allylic oxidation sites excluding steroid dienone is 1. The number of nitrogens with one attached hydrogen (secondary N) is 1. The van der Waals surface area contributed by atoms with E-state index in [9.17, 15) is 5.11 Å². The fourth-order valence-electron chi connectivity index (χ4n) is 9.87. The van der Waals surface area contributed by atoms with Gasteiger partial charge in [-0.2, -0.15) is 0 Å². The molecule has 4 aliphatic carbocycles. The van der Waals surface area contributed by atoms with Gasteiger partial charge in [0, 0.05) is 30.3 Å². The Morgan fingerprint density at radius 1 is 1.02 bits per heavy atom. The van der Waals surface area contributed by atoms with Crippen LogP contribution in [0, 0.1) is 29.1 Å². The van der Waals surface area contributed by atoms with Gasteiger partial charge in [-0.15, -0.1) is 0 Å². The zero-order chi connectivity index (χ0) is 28.5. The van der Waals surface area contributed by atoms with Gasteiger partial charge in [0.05, 0.1) is 25.9 Å². The lowest BCUT2D eigenvalue weighted by molar-refractivity contribution is -0.177. The predicted octanol–water partition coefficient (Wildman–Crippen LogP) is 7.73. The predicted molar refractivity (Wildman–Crippen MR) is 164 cm³/mol. The Balaban J connectivity index is 1.11. The molecule has 5 aliphatic rings. The summed E-state index contributed by atoms with van der Waals surface area (Å²) in [6.45, 7) is 8.99. The second-order valence-electron chi connectivity index (χ2n) is 13.9. The number of hydrogen-bond donors (Lipinski definition) is 2. The molecule has 2 N–H and O–H groups in total. The van der Waals surface area contributed by atoms with Crippen LogP contribution in [0.25, 0.3) is 0 Å². The van der Waals surface area contributed by atoms with Crippen LogP contribution in [0.1, 0.15) is 116 Å². The minimum atomic E-state index is -0.327. The standard InChI is InChI=1S/C36H55NO4/c1-4-8-33(37-27(5-2)6-3)25-9-7-10-28(23-25)39-20-19-35-17-15-30-29-16-18-36(40-21-22-41-36)24-26(29)11-12-31(30)32(35)13-14-34(35)38/h7,9-11,23,27,29-34,37-38H,4-6,8,12-22,24H2,1-3H3/t29?,30?,31?,32?,33?,34-,35+/m0/s1.